The fraction of sp³-hybridized carbons (Fsp3) is 0.250. The summed E-state index contributed by atoms with van der Waals surface area (Å²) in [6.45, 7) is 2.71. The first-order valence-electron chi connectivity index (χ1n) is 8.90. The highest BCUT2D eigenvalue weighted by molar-refractivity contribution is 7.42. The molecule has 0 aromatic heterocycles. The van der Waals surface area contributed by atoms with Crippen LogP contribution in [-0.2, 0) is 0 Å². The molecule has 0 unspecified atom stereocenters. The molecule has 1 aliphatic rings. The number of carbonyl (C=O) groups is 3. The molecule has 0 saturated heterocycles. The Kier molecular flexibility index (Phi) is 7.96. The molecular formula is C20H23N2O5P. The molecule has 0 saturated carbocycles. The van der Waals surface area contributed by atoms with Gasteiger partial charge >= 0.3 is 0 Å². The standard InChI is InChI=1S/C20H19NO3.H4NO2P/c1-2-3-6-11-21-20(24)13-9-10-16-17(12-13)19(23)15-8-5-4-7-14(15)18(16)22;1-4(2)3/h4-5,7-10,12H,2-3,6,11H2,1H3,(H,21,24);2-3H,1H2. The Morgan fingerprint density at radius 2 is 1.50 bits per heavy atom. The number of amides is 1. The van der Waals surface area contributed by atoms with E-state index in [1.807, 2.05) is 0 Å². The molecule has 7 nitrogen and oxygen atoms in total. The molecule has 8 heteroatoms. The molecule has 0 atom stereocenters. The maximum atomic E-state index is 12.6. The molecule has 2 aromatic carbocycles. The van der Waals surface area contributed by atoms with Gasteiger partial charge in [-0.15, -0.1) is 0 Å². The Morgan fingerprint density at radius 3 is 2.07 bits per heavy atom. The van der Waals surface area contributed by atoms with Crippen LogP contribution in [0.5, 0.6) is 0 Å². The number of ketones is 2. The van der Waals surface area contributed by atoms with Crippen LogP contribution in [0.3, 0.4) is 0 Å². The molecule has 148 valence electrons. The minimum Gasteiger partial charge on any atom is -0.352 e. The van der Waals surface area contributed by atoms with E-state index < -0.39 is 8.53 Å². The lowest BCUT2D eigenvalue weighted by Gasteiger charge is -2.17. The third kappa shape index (κ3) is 5.30. The van der Waals surface area contributed by atoms with Crippen LogP contribution in [0.1, 0.15) is 68.4 Å². The van der Waals surface area contributed by atoms with E-state index in [2.05, 4.69) is 17.7 Å². The number of carbonyl (C=O) groups excluding carboxylic acids is 3. The van der Waals surface area contributed by atoms with Crippen molar-refractivity contribution in [3.05, 3.63) is 70.3 Å². The molecule has 28 heavy (non-hydrogen) atoms. The Bertz CT molecular complexity index is 880. The summed E-state index contributed by atoms with van der Waals surface area (Å²) in [6.07, 6.45) is 3.08. The van der Waals surface area contributed by atoms with Crippen LogP contribution in [0.25, 0.3) is 0 Å². The average Bonchev–Trinajstić information content (AvgIpc) is 2.68. The molecule has 3 rings (SSSR count). The molecule has 0 radical (unpaired) electrons. The van der Waals surface area contributed by atoms with Crippen molar-refractivity contribution in [2.24, 2.45) is 5.50 Å². The quantitative estimate of drug-likeness (QED) is 0.383. The van der Waals surface area contributed by atoms with Crippen molar-refractivity contribution in [2.75, 3.05) is 6.54 Å². The summed E-state index contributed by atoms with van der Waals surface area (Å²) in [4.78, 5) is 52.3. The highest BCUT2D eigenvalue weighted by atomic mass is 31.2. The number of fused-ring (bicyclic) bond motifs is 2. The van der Waals surface area contributed by atoms with Crippen LogP contribution >= 0.6 is 8.53 Å². The molecule has 5 N–H and O–H groups in total. The predicted octanol–water partition coefficient (Wildman–Crippen LogP) is 2.54. The zero-order chi connectivity index (χ0) is 20.7. The average molecular weight is 402 g/mol. The normalized spacial score (nSPS) is 12.0. The summed E-state index contributed by atoms with van der Waals surface area (Å²) < 4.78 is 0. The molecule has 0 aliphatic heterocycles. The highest BCUT2D eigenvalue weighted by Crippen LogP contribution is 2.27. The van der Waals surface area contributed by atoms with Crippen molar-refractivity contribution >= 4 is 26.0 Å². The monoisotopic (exact) mass is 402 g/mol. The summed E-state index contributed by atoms with van der Waals surface area (Å²) in [6, 6.07) is 11.5. The highest BCUT2D eigenvalue weighted by Gasteiger charge is 2.29. The molecule has 1 aliphatic carbocycles. The second kappa shape index (κ2) is 10.2. The molecule has 2 aromatic rings. The fourth-order valence-corrected chi connectivity index (χ4v) is 2.92. The topological polar surface area (TPSA) is 130 Å². The van der Waals surface area contributed by atoms with Crippen LogP contribution in [-0.4, -0.2) is 33.8 Å². The predicted molar refractivity (Wildman–Crippen MR) is 107 cm³/mol. The lowest BCUT2D eigenvalue weighted by Crippen LogP contribution is -2.26. The third-order valence-corrected chi connectivity index (χ3v) is 4.25. The SMILES string of the molecule is CCCCCNC(=O)c1ccc2c(c1)C(=O)c1ccccc1C2=O.NP(O)O. The molecular weight excluding hydrogens is 379 g/mol. The summed E-state index contributed by atoms with van der Waals surface area (Å²) in [5.41, 5.74) is 6.18. The fourth-order valence-electron chi connectivity index (χ4n) is 2.92. The van der Waals surface area contributed by atoms with Crippen molar-refractivity contribution in [3.63, 3.8) is 0 Å². The van der Waals surface area contributed by atoms with E-state index in [0.717, 1.165) is 19.3 Å². The van der Waals surface area contributed by atoms with E-state index in [-0.39, 0.29) is 17.5 Å². The van der Waals surface area contributed by atoms with Gasteiger partial charge in [0, 0.05) is 34.4 Å². The number of nitrogens with two attached hydrogens (primary N) is 1. The van der Waals surface area contributed by atoms with Gasteiger partial charge in [-0.3, -0.25) is 19.9 Å². The molecule has 0 heterocycles. The molecule has 0 spiro atoms. The minimum absolute atomic E-state index is 0.171. The van der Waals surface area contributed by atoms with Gasteiger partial charge in [-0.2, -0.15) is 0 Å². The Labute approximate surface area is 164 Å². The molecule has 0 bridgehead atoms. The van der Waals surface area contributed by atoms with E-state index in [1.165, 1.54) is 6.07 Å². The Hall–Kier alpha value is -2.44. The third-order valence-electron chi connectivity index (χ3n) is 4.25. The minimum atomic E-state index is -2.12. The van der Waals surface area contributed by atoms with Crippen molar-refractivity contribution in [3.8, 4) is 0 Å². The van der Waals surface area contributed by atoms with Crippen molar-refractivity contribution < 1.29 is 24.2 Å². The van der Waals surface area contributed by atoms with Crippen molar-refractivity contribution in [2.45, 2.75) is 26.2 Å². The number of rotatable bonds is 5. The van der Waals surface area contributed by atoms with Gasteiger partial charge in [0.05, 0.1) is 0 Å². The van der Waals surface area contributed by atoms with Gasteiger partial charge in [0.1, 0.15) is 0 Å². The lowest BCUT2D eigenvalue weighted by atomic mass is 9.83. The first kappa shape index (κ1) is 21.9. The Morgan fingerprint density at radius 1 is 0.964 bits per heavy atom. The van der Waals surface area contributed by atoms with Gasteiger partial charge in [0.25, 0.3) is 5.91 Å². The van der Waals surface area contributed by atoms with Crippen LogP contribution in [0.2, 0.25) is 0 Å². The maximum Gasteiger partial charge on any atom is 0.251 e. The second-order valence-corrected chi connectivity index (χ2v) is 6.89. The Balaban J connectivity index is 0.000000640. The first-order chi connectivity index (χ1) is 13.4. The van der Waals surface area contributed by atoms with Crippen LogP contribution in [0, 0.1) is 0 Å². The van der Waals surface area contributed by atoms with E-state index in [0.29, 0.717) is 34.4 Å². The molecule has 1 amide bonds. The maximum absolute atomic E-state index is 12.6. The van der Waals surface area contributed by atoms with Gasteiger partial charge < -0.3 is 15.1 Å². The van der Waals surface area contributed by atoms with Crippen molar-refractivity contribution in [1.82, 2.24) is 5.32 Å². The van der Waals surface area contributed by atoms with E-state index >= 15 is 0 Å². The molecule has 0 fully saturated rings. The van der Waals surface area contributed by atoms with Crippen LogP contribution in [0.15, 0.2) is 42.5 Å². The second-order valence-electron chi connectivity index (χ2n) is 6.25. The van der Waals surface area contributed by atoms with Gasteiger partial charge in [-0.1, -0.05) is 44.0 Å². The zero-order valence-corrected chi connectivity index (χ0v) is 16.4. The number of unbranched alkanes of at least 4 members (excludes halogenated alkanes) is 2. The first-order valence-corrected chi connectivity index (χ1v) is 10.2. The van der Waals surface area contributed by atoms with Gasteiger partial charge in [0.2, 0.25) is 8.53 Å². The number of nitrogens with one attached hydrogen (secondary N) is 1. The van der Waals surface area contributed by atoms with Gasteiger partial charge in [0.15, 0.2) is 11.6 Å². The zero-order valence-electron chi connectivity index (χ0n) is 15.5. The van der Waals surface area contributed by atoms with Crippen LogP contribution in [0.4, 0.5) is 0 Å². The van der Waals surface area contributed by atoms with Gasteiger partial charge in [-0.05, 0) is 24.6 Å². The van der Waals surface area contributed by atoms with Gasteiger partial charge in [-0.25, -0.2) is 0 Å². The lowest BCUT2D eigenvalue weighted by molar-refractivity contribution is 0.0950. The smallest absolute Gasteiger partial charge is 0.251 e. The van der Waals surface area contributed by atoms with Crippen LogP contribution < -0.4 is 10.8 Å². The summed E-state index contributed by atoms with van der Waals surface area (Å²) in [5, 5.41) is 2.85. The van der Waals surface area contributed by atoms with E-state index in [1.54, 1.807) is 36.4 Å². The number of hydrogen-bond donors (Lipinski definition) is 4. The summed E-state index contributed by atoms with van der Waals surface area (Å²) in [7, 11) is -2.12. The summed E-state index contributed by atoms with van der Waals surface area (Å²) >= 11 is 0. The largest absolute Gasteiger partial charge is 0.352 e. The number of benzene rings is 2. The number of hydrogen-bond acceptors (Lipinski definition) is 6. The summed E-state index contributed by atoms with van der Waals surface area (Å²) in [5.74, 6) is -0.594. The van der Waals surface area contributed by atoms with E-state index in [9.17, 15) is 14.4 Å². The van der Waals surface area contributed by atoms with Crippen molar-refractivity contribution in [1.29, 1.82) is 0 Å². The van der Waals surface area contributed by atoms with E-state index in [4.69, 9.17) is 9.79 Å².